The molecule has 1 amide bonds. The standard InChI is InChI=1S/C23H20ClNO4/c24-20-10-19(11-21-22(20)29-15-28-21)23(26)25-12-16-6-8-18(9-7-16)14-27-13-17-4-2-1-3-5-17/h1-11H,12-15H2,(H,25,26). The molecule has 148 valence electrons. The lowest BCUT2D eigenvalue weighted by Gasteiger charge is -2.09. The fraction of sp³-hybridized carbons (Fsp3) is 0.174. The summed E-state index contributed by atoms with van der Waals surface area (Å²) < 4.78 is 16.3. The van der Waals surface area contributed by atoms with Gasteiger partial charge in [-0.1, -0.05) is 66.2 Å². The number of hydrogen-bond donors (Lipinski definition) is 1. The smallest absolute Gasteiger partial charge is 0.251 e. The average molecular weight is 410 g/mol. The van der Waals surface area contributed by atoms with Crippen molar-refractivity contribution in [3.8, 4) is 11.5 Å². The van der Waals surface area contributed by atoms with Crippen molar-refractivity contribution in [3.63, 3.8) is 0 Å². The maximum absolute atomic E-state index is 12.4. The van der Waals surface area contributed by atoms with Crippen molar-refractivity contribution in [3.05, 3.63) is 94.0 Å². The number of halogens is 1. The molecule has 1 N–H and O–H groups in total. The van der Waals surface area contributed by atoms with Gasteiger partial charge in [-0.2, -0.15) is 0 Å². The van der Waals surface area contributed by atoms with Crippen LogP contribution in [0.15, 0.2) is 66.7 Å². The summed E-state index contributed by atoms with van der Waals surface area (Å²) in [5.41, 5.74) is 3.66. The zero-order chi connectivity index (χ0) is 20.1. The van der Waals surface area contributed by atoms with Gasteiger partial charge in [-0.15, -0.1) is 0 Å². The van der Waals surface area contributed by atoms with Gasteiger partial charge >= 0.3 is 0 Å². The topological polar surface area (TPSA) is 56.8 Å². The summed E-state index contributed by atoms with van der Waals surface area (Å²) in [5.74, 6) is 0.747. The second-order valence-electron chi connectivity index (χ2n) is 6.67. The normalized spacial score (nSPS) is 12.0. The van der Waals surface area contributed by atoms with Gasteiger partial charge in [0.1, 0.15) is 0 Å². The SMILES string of the molecule is O=C(NCc1ccc(COCc2ccccc2)cc1)c1cc(Cl)c2c(c1)OCO2. The Bertz CT molecular complexity index is 990. The number of rotatable bonds is 7. The van der Waals surface area contributed by atoms with Crippen molar-refractivity contribution in [2.45, 2.75) is 19.8 Å². The molecule has 5 nitrogen and oxygen atoms in total. The van der Waals surface area contributed by atoms with Crippen molar-refractivity contribution in [1.29, 1.82) is 0 Å². The maximum Gasteiger partial charge on any atom is 0.251 e. The fourth-order valence-electron chi connectivity index (χ4n) is 3.00. The second-order valence-corrected chi connectivity index (χ2v) is 7.08. The number of fused-ring (bicyclic) bond motifs is 1. The molecular weight excluding hydrogens is 390 g/mol. The predicted octanol–water partition coefficient (Wildman–Crippen LogP) is 4.72. The highest BCUT2D eigenvalue weighted by Gasteiger charge is 2.20. The molecule has 0 saturated carbocycles. The molecule has 3 aromatic carbocycles. The van der Waals surface area contributed by atoms with E-state index in [0.29, 0.717) is 41.8 Å². The minimum Gasteiger partial charge on any atom is -0.454 e. The Hall–Kier alpha value is -3.02. The minimum absolute atomic E-state index is 0.113. The minimum atomic E-state index is -0.222. The molecule has 4 rings (SSSR count). The van der Waals surface area contributed by atoms with Crippen LogP contribution >= 0.6 is 11.6 Å². The molecule has 0 bridgehead atoms. The Morgan fingerprint density at radius 3 is 2.38 bits per heavy atom. The molecule has 0 radical (unpaired) electrons. The van der Waals surface area contributed by atoms with E-state index >= 15 is 0 Å². The van der Waals surface area contributed by atoms with Crippen molar-refractivity contribution >= 4 is 17.5 Å². The van der Waals surface area contributed by atoms with Gasteiger partial charge in [0, 0.05) is 12.1 Å². The Labute approximate surface area is 174 Å². The lowest BCUT2D eigenvalue weighted by atomic mass is 10.1. The van der Waals surface area contributed by atoms with Crippen LogP contribution in [0.3, 0.4) is 0 Å². The largest absolute Gasteiger partial charge is 0.454 e. The van der Waals surface area contributed by atoms with Crippen LogP contribution in [0.2, 0.25) is 5.02 Å². The third-order valence-electron chi connectivity index (χ3n) is 4.55. The van der Waals surface area contributed by atoms with Gasteiger partial charge < -0.3 is 19.5 Å². The first-order valence-electron chi connectivity index (χ1n) is 9.26. The van der Waals surface area contributed by atoms with Gasteiger partial charge in [-0.25, -0.2) is 0 Å². The van der Waals surface area contributed by atoms with Gasteiger partial charge in [-0.3, -0.25) is 4.79 Å². The zero-order valence-electron chi connectivity index (χ0n) is 15.7. The van der Waals surface area contributed by atoms with E-state index in [1.807, 2.05) is 54.6 Å². The fourth-order valence-corrected chi connectivity index (χ4v) is 3.26. The van der Waals surface area contributed by atoms with E-state index in [1.54, 1.807) is 12.1 Å². The monoisotopic (exact) mass is 409 g/mol. The van der Waals surface area contributed by atoms with Crippen LogP contribution in [0.4, 0.5) is 0 Å². The van der Waals surface area contributed by atoms with Gasteiger partial charge in [0.2, 0.25) is 6.79 Å². The van der Waals surface area contributed by atoms with Crippen molar-refractivity contribution in [1.82, 2.24) is 5.32 Å². The average Bonchev–Trinajstić information content (AvgIpc) is 3.23. The van der Waals surface area contributed by atoms with E-state index in [1.165, 1.54) is 0 Å². The van der Waals surface area contributed by atoms with Gasteiger partial charge in [0.05, 0.1) is 18.2 Å². The molecule has 0 aromatic heterocycles. The summed E-state index contributed by atoms with van der Waals surface area (Å²) >= 11 is 6.14. The molecule has 0 fully saturated rings. The number of benzene rings is 3. The zero-order valence-corrected chi connectivity index (χ0v) is 16.4. The third-order valence-corrected chi connectivity index (χ3v) is 4.83. The van der Waals surface area contributed by atoms with E-state index in [-0.39, 0.29) is 12.7 Å². The Kier molecular flexibility index (Phi) is 5.98. The highest BCUT2D eigenvalue weighted by atomic mass is 35.5. The summed E-state index contributed by atoms with van der Waals surface area (Å²) in [4.78, 5) is 12.4. The molecule has 1 heterocycles. The van der Waals surface area contributed by atoms with Crippen LogP contribution in [-0.2, 0) is 24.5 Å². The predicted molar refractivity (Wildman–Crippen MR) is 110 cm³/mol. The molecule has 0 spiro atoms. The van der Waals surface area contributed by atoms with E-state index in [2.05, 4.69) is 5.32 Å². The molecular formula is C23H20ClNO4. The lowest BCUT2D eigenvalue weighted by Crippen LogP contribution is -2.22. The summed E-state index contributed by atoms with van der Waals surface area (Å²) in [6, 6.07) is 21.3. The van der Waals surface area contributed by atoms with E-state index in [4.69, 9.17) is 25.8 Å². The molecule has 0 unspecified atom stereocenters. The maximum atomic E-state index is 12.4. The molecule has 6 heteroatoms. The number of amides is 1. The van der Waals surface area contributed by atoms with Crippen LogP contribution in [0.25, 0.3) is 0 Å². The summed E-state index contributed by atoms with van der Waals surface area (Å²) in [6.07, 6.45) is 0. The van der Waals surface area contributed by atoms with Crippen LogP contribution in [0.5, 0.6) is 11.5 Å². The van der Waals surface area contributed by atoms with E-state index < -0.39 is 0 Å². The number of carbonyl (C=O) groups excluding carboxylic acids is 1. The molecule has 1 aliphatic rings. The quantitative estimate of drug-likeness (QED) is 0.613. The third kappa shape index (κ3) is 4.88. The number of carbonyl (C=O) groups is 1. The van der Waals surface area contributed by atoms with Crippen LogP contribution in [0.1, 0.15) is 27.0 Å². The Balaban J connectivity index is 1.28. The van der Waals surface area contributed by atoms with E-state index in [0.717, 1.165) is 16.7 Å². The molecule has 0 aliphatic carbocycles. The summed E-state index contributed by atoms with van der Waals surface area (Å²) in [6.45, 7) is 1.64. The number of nitrogens with one attached hydrogen (secondary N) is 1. The van der Waals surface area contributed by atoms with Gasteiger partial charge in [0.25, 0.3) is 5.91 Å². The molecule has 0 saturated heterocycles. The molecule has 1 aliphatic heterocycles. The second kappa shape index (κ2) is 8.99. The van der Waals surface area contributed by atoms with Crippen molar-refractivity contribution < 1.29 is 19.0 Å². The summed E-state index contributed by atoms with van der Waals surface area (Å²) in [5, 5.41) is 3.26. The Morgan fingerprint density at radius 1 is 0.931 bits per heavy atom. The first kappa shape index (κ1) is 19.3. The van der Waals surface area contributed by atoms with Gasteiger partial charge in [0.15, 0.2) is 11.5 Å². The number of hydrogen-bond acceptors (Lipinski definition) is 4. The van der Waals surface area contributed by atoms with E-state index in [9.17, 15) is 4.79 Å². The van der Waals surface area contributed by atoms with Gasteiger partial charge in [-0.05, 0) is 28.8 Å². The van der Waals surface area contributed by atoms with Crippen molar-refractivity contribution in [2.24, 2.45) is 0 Å². The highest BCUT2D eigenvalue weighted by Crippen LogP contribution is 2.39. The summed E-state index contributed by atoms with van der Waals surface area (Å²) in [7, 11) is 0. The Morgan fingerprint density at radius 2 is 1.62 bits per heavy atom. The lowest BCUT2D eigenvalue weighted by molar-refractivity contribution is 0.0950. The first-order chi connectivity index (χ1) is 14.2. The first-order valence-corrected chi connectivity index (χ1v) is 9.63. The number of ether oxygens (including phenoxy) is 3. The highest BCUT2D eigenvalue weighted by molar-refractivity contribution is 6.32. The van der Waals surface area contributed by atoms with Crippen LogP contribution < -0.4 is 14.8 Å². The van der Waals surface area contributed by atoms with Crippen LogP contribution in [-0.4, -0.2) is 12.7 Å². The van der Waals surface area contributed by atoms with Crippen molar-refractivity contribution in [2.75, 3.05) is 6.79 Å². The molecule has 0 atom stereocenters. The van der Waals surface area contributed by atoms with Crippen LogP contribution in [0, 0.1) is 0 Å². The molecule has 29 heavy (non-hydrogen) atoms. The molecule has 3 aromatic rings.